The summed E-state index contributed by atoms with van der Waals surface area (Å²) in [6.07, 6.45) is 0.497. The van der Waals surface area contributed by atoms with Crippen LogP contribution in [0, 0.1) is 0 Å². The molecule has 1 heterocycles. The van der Waals surface area contributed by atoms with Crippen molar-refractivity contribution in [3.8, 4) is 5.75 Å². The molecule has 2 aromatic carbocycles. The molecule has 1 amide bonds. The number of carbonyl (C=O) groups is 1. The normalized spacial score (nSPS) is 15.9. The Labute approximate surface area is 167 Å². The molecule has 1 atom stereocenters. The highest BCUT2D eigenvalue weighted by atomic mass is 16.6. The van der Waals surface area contributed by atoms with Gasteiger partial charge in [0.05, 0.1) is 6.61 Å². The molecule has 0 unspecified atom stereocenters. The Morgan fingerprint density at radius 1 is 1.18 bits per heavy atom. The average molecular weight is 383 g/mol. The van der Waals surface area contributed by atoms with Crippen molar-refractivity contribution in [1.82, 2.24) is 5.32 Å². The van der Waals surface area contributed by atoms with E-state index in [9.17, 15) is 4.79 Å². The first-order valence-corrected chi connectivity index (χ1v) is 9.93. The molecule has 1 aliphatic heterocycles. The first kappa shape index (κ1) is 20.1. The molecule has 0 radical (unpaired) electrons. The molecule has 0 fully saturated rings. The number of hydrogen-bond acceptors (Lipinski definition) is 4. The lowest BCUT2D eigenvalue weighted by Gasteiger charge is -2.29. The topological polar surface area (TPSA) is 50.8 Å². The summed E-state index contributed by atoms with van der Waals surface area (Å²) in [4.78, 5) is 14.2. The molecule has 150 valence electrons. The number of anilines is 2. The van der Waals surface area contributed by atoms with Gasteiger partial charge in [0.1, 0.15) is 11.4 Å². The fraction of sp³-hybridized carbons (Fsp3) is 0.435. The van der Waals surface area contributed by atoms with Crippen LogP contribution in [0.3, 0.4) is 0 Å². The highest BCUT2D eigenvalue weighted by Gasteiger charge is 2.24. The van der Waals surface area contributed by atoms with Gasteiger partial charge in [-0.25, -0.2) is 4.79 Å². The van der Waals surface area contributed by atoms with E-state index >= 15 is 0 Å². The van der Waals surface area contributed by atoms with Gasteiger partial charge in [-0.2, -0.15) is 0 Å². The summed E-state index contributed by atoms with van der Waals surface area (Å²) < 4.78 is 11.3. The summed E-state index contributed by atoms with van der Waals surface area (Å²) in [5.41, 5.74) is 2.90. The number of alkyl carbamates (subject to hydrolysis) is 1. The lowest BCUT2D eigenvalue weighted by atomic mass is 9.92. The van der Waals surface area contributed by atoms with Gasteiger partial charge in [0, 0.05) is 36.4 Å². The molecular formula is C23H30N2O3. The number of nitrogens with one attached hydrogen (secondary N) is 1. The largest absolute Gasteiger partial charge is 0.493 e. The van der Waals surface area contributed by atoms with Crippen molar-refractivity contribution < 1.29 is 14.3 Å². The average Bonchev–Trinajstić information content (AvgIpc) is 2.66. The molecule has 1 N–H and O–H groups in total. The van der Waals surface area contributed by atoms with E-state index in [0.717, 1.165) is 35.7 Å². The van der Waals surface area contributed by atoms with E-state index in [2.05, 4.69) is 47.5 Å². The minimum absolute atomic E-state index is 0.220. The van der Waals surface area contributed by atoms with E-state index in [1.165, 1.54) is 0 Å². The Hall–Kier alpha value is -2.69. The molecule has 5 nitrogen and oxygen atoms in total. The second-order valence-electron chi connectivity index (χ2n) is 8.02. The fourth-order valence-electron chi connectivity index (χ4n) is 3.47. The van der Waals surface area contributed by atoms with Gasteiger partial charge in [-0.1, -0.05) is 24.3 Å². The summed E-state index contributed by atoms with van der Waals surface area (Å²) in [5.74, 6) is 1.12. The molecule has 0 bridgehead atoms. The van der Waals surface area contributed by atoms with Crippen LogP contribution in [-0.2, 0) is 4.74 Å². The van der Waals surface area contributed by atoms with Gasteiger partial charge >= 0.3 is 6.09 Å². The second kappa shape index (κ2) is 8.55. The van der Waals surface area contributed by atoms with E-state index in [1.54, 1.807) is 0 Å². The number of hydrogen-bond donors (Lipinski definition) is 1. The van der Waals surface area contributed by atoms with E-state index in [1.807, 2.05) is 39.0 Å². The third-order valence-electron chi connectivity index (χ3n) is 4.75. The predicted octanol–water partition coefficient (Wildman–Crippen LogP) is 5.24. The summed E-state index contributed by atoms with van der Waals surface area (Å²) in [5, 5.41) is 2.90. The molecule has 3 rings (SSSR count). The molecule has 5 heteroatoms. The molecule has 28 heavy (non-hydrogen) atoms. The van der Waals surface area contributed by atoms with Gasteiger partial charge < -0.3 is 19.7 Å². The first-order chi connectivity index (χ1) is 13.4. The van der Waals surface area contributed by atoms with Crippen molar-refractivity contribution >= 4 is 17.5 Å². The lowest BCUT2D eigenvalue weighted by Crippen LogP contribution is -2.35. The number of nitrogens with zero attached hydrogens (tertiary/aromatic N) is 1. The standard InChI is InChI=1S/C23H30N2O3/c1-5-25(18-9-7-6-8-10-18)19-11-12-20-17(13-14-27-21(20)15-19)16-24-22(26)28-23(2,3)4/h6-12,15,17H,5,13-14,16H2,1-4H3,(H,24,26)/t17-/m0/s1. The van der Waals surface area contributed by atoms with Crippen molar-refractivity contribution in [2.45, 2.75) is 45.6 Å². The first-order valence-electron chi connectivity index (χ1n) is 9.93. The molecular weight excluding hydrogens is 352 g/mol. The van der Waals surface area contributed by atoms with Gasteiger partial charge in [0.25, 0.3) is 0 Å². The van der Waals surface area contributed by atoms with E-state index in [0.29, 0.717) is 13.2 Å². The maximum atomic E-state index is 12.0. The van der Waals surface area contributed by atoms with Gasteiger partial charge in [0.15, 0.2) is 0 Å². The number of benzene rings is 2. The summed E-state index contributed by atoms with van der Waals surface area (Å²) in [6.45, 7) is 9.79. The maximum Gasteiger partial charge on any atom is 0.407 e. The van der Waals surface area contributed by atoms with Crippen LogP contribution in [0.5, 0.6) is 5.75 Å². The smallest absolute Gasteiger partial charge is 0.407 e. The zero-order valence-electron chi connectivity index (χ0n) is 17.2. The molecule has 1 aliphatic rings. The number of rotatable bonds is 5. The molecule has 0 saturated carbocycles. The summed E-state index contributed by atoms with van der Waals surface area (Å²) in [6, 6.07) is 16.7. The Bertz CT molecular complexity index is 799. The van der Waals surface area contributed by atoms with Gasteiger partial charge in [-0.05, 0) is 57.9 Å². The van der Waals surface area contributed by atoms with Crippen molar-refractivity contribution in [3.05, 3.63) is 54.1 Å². The van der Waals surface area contributed by atoms with Gasteiger partial charge in [0.2, 0.25) is 0 Å². The van der Waals surface area contributed by atoms with Crippen LogP contribution in [0.2, 0.25) is 0 Å². The molecule has 0 spiro atoms. The molecule has 0 aliphatic carbocycles. The van der Waals surface area contributed by atoms with Crippen LogP contribution in [-0.4, -0.2) is 31.4 Å². The van der Waals surface area contributed by atoms with Crippen LogP contribution in [0.25, 0.3) is 0 Å². The zero-order valence-corrected chi connectivity index (χ0v) is 17.2. The van der Waals surface area contributed by atoms with E-state index in [4.69, 9.17) is 9.47 Å². The third kappa shape index (κ3) is 4.97. The maximum absolute atomic E-state index is 12.0. The fourth-order valence-corrected chi connectivity index (χ4v) is 3.47. The third-order valence-corrected chi connectivity index (χ3v) is 4.75. The Morgan fingerprint density at radius 2 is 1.93 bits per heavy atom. The van der Waals surface area contributed by atoms with Gasteiger partial charge in [-0.3, -0.25) is 0 Å². The van der Waals surface area contributed by atoms with Crippen molar-refractivity contribution in [2.24, 2.45) is 0 Å². The van der Waals surface area contributed by atoms with Crippen LogP contribution in [0.15, 0.2) is 48.5 Å². The van der Waals surface area contributed by atoms with Crippen LogP contribution in [0.4, 0.5) is 16.2 Å². The van der Waals surface area contributed by atoms with Crippen molar-refractivity contribution in [1.29, 1.82) is 0 Å². The van der Waals surface area contributed by atoms with E-state index in [-0.39, 0.29) is 12.0 Å². The number of para-hydroxylation sites is 1. The minimum Gasteiger partial charge on any atom is -0.493 e. The highest BCUT2D eigenvalue weighted by molar-refractivity contribution is 5.68. The number of amides is 1. The number of fused-ring (bicyclic) bond motifs is 1. The molecule has 0 saturated heterocycles. The van der Waals surface area contributed by atoms with Crippen molar-refractivity contribution in [2.75, 3.05) is 24.6 Å². The molecule has 2 aromatic rings. The summed E-state index contributed by atoms with van der Waals surface area (Å²) >= 11 is 0. The Balaban J connectivity index is 1.74. The number of ether oxygens (including phenoxy) is 2. The van der Waals surface area contributed by atoms with Crippen LogP contribution < -0.4 is 15.0 Å². The number of carbonyl (C=O) groups excluding carboxylic acids is 1. The Morgan fingerprint density at radius 3 is 2.61 bits per heavy atom. The second-order valence-corrected chi connectivity index (χ2v) is 8.02. The minimum atomic E-state index is -0.492. The van der Waals surface area contributed by atoms with Crippen molar-refractivity contribution in [3.63, 3.8) is 0 Å². The monoisotopic (exact) mass is 382 g/mol. The summed E-state index contributed by atoms with van der Waals surface area (Å²) in [7, 11) is 0. The quantitative estimate of drug-likeness (QED) is 0.769. The molecule has 0 aromatic heterocycles. The lowest BCUT2D eigenvalue weighted by molar-refractivity contribution is 0.0521. The van der Waals surface area contributed by atoms with E-state index < -0.39 is 5.60 Å². The zero-order chi connectivity index (χ0) is 20.1. The predicted molar refractivity (Wildman–Crippen MR) is 113 cm³/mol. The van der Waals surface area contributed by atoms with Gasteiger partial charge in [-0.15, -0.1) is 0 Å². The highest BCUT2D eigenvalue weighted by Crippen LogP contribution is 2.37. The van der Waals surface area contributed by atoms with Crippen LogP contribution in [0.1, 0.15) is 45.6 Å². The Kier molecular flexibility index (Phi) is 6.12. The van der Waals surface area contributed by atoms with Crippen LogP contribution >= 0.6 is 0 Å². The SMILES string of the molecule is CCN(c1ccccc1)c1ccc2c(c1)OCC[C@H]2CNC(=O)OC(C)(C)C.